The molecule has 0 aromatic carbocycles. The Morgan fingerprint density at radius 3 is 0.159 bits per heavy atom. The normalized spacial score (nSPS) is 17.3. The topological polar surface area (TPSA) is 142 Å². The molecule has 0 unspecified atom stereocenters. The summed E-state index contributed by atoms with van der Waals surface area (Å²) in [6.45, 7) is 0. The highest BCUT2D eigenvalue weighted by molar-refractivity contribution is 4.53. The van der Waals surface area contributed by atoms with Crippen LogP contribution in [0.3, 0.4) is 0 Å². The van der Waals surface area contributed by atoms with E-state index in [2.05, 4.69) is 0 Å². The van der Waals surface area contributed by atoms with Crippen molar-refractivity contribution in [3.8, 4) is 0 Å². The molecule has 0 atom stereocenters. The predicted octanol–water partition coefficient (Wildman–Crippen LogP) is 8.96. The van der Waals surface area contributed by atoms with Gasteiger partial charge in [0.1, 0.15) is 0 Å². The lowest BCUT2D eigenvalue weighted by atomic mass is 10.0. The molecule has 1 rings (SSSR count). The van der Waals surface area contributed by atoms with E-state index < -0.39 is 0 Å². The fourth-order valence-corrected chi connectivity index (χ4v) is 5.30. The van der Waals surface area contributed by atoms with Crippen molar-refractivity contribution in [3.63, 3.8) is 0 Å². The van der Waals surface area contributed by atoms with Crippen molar-refractivity contribution in [1.82, 2.24) is 0 Å². The third-order valence-electron chi connectivity index (χ3n) is 7.50. The predicted molar refractivity (Wildman–Crippen MR) is 196 cm³/mol. The van der Waals surface area contributed by atoms with Crippen molar-refractivity contribution in [2.24, 2.45) is 0 Å². The standard InChI is InChI=1S/C30H60.7CH4O/c1-2-4-6-8-10-12-14-16-18-20-22-24-26-28-30-29-27-25-23-21-19-17-15-13-11-9-7-5-3-1;7*1-2/h1-30H2;7*2H,1H3. The first kappa shape index (κ1) is 59.2. The fraction of sp³-hybridized carbons (Fsp3) is 1.00. The summed E-state index contributed by atoms with van der Waals surface area (Å²) in [4.78, 5) is 0. The van der Waals surface area contributed by atoms with Crippen molar-refractivity contribution in [1.29, 1.82) is 0 Å². The van der Waals surface area contributed by atoms with E-state index >= 15 is 0 Å². The maximum Gasteiger partial charge on any atom is 0.0319 e. The monoisotopic (exact) mass is 645 g/mol. The van der Waals surface area contributed by atoms with Gasteiger partial charge in [-0.25, -0.2) is 0 Å². The Bertz CT molecular complexity index is 175. The second-order valence-electron chi connectivity index (χ2n) is 10.6. The van der Waals surface area contributed by atoms with Crippen LogP contribution >= 0.6 is 0 Å². The van der Waals surface area contributed by atoms with Gasteiger partial charge in [0.2, 0.25) is 0 Å². The largest absolute Gasteiger partial charge is 0.400 e. The molecule has 0 radical (unpaired) electrons. The average Bonchev–Trinajstić information content (AvgIpc) is 3.12. The summed E-state index contributed by atoms with van der Waals surface area (Å²) in [7, 11) is 7.00. The highest BCUT2D eigenvalue weighted by Crippen LogP contribution is 2.17. The Balaban J connectivity index is -0.000000171. The average molecular weight is 645 g/mol. The third kappa shape index (κ3) is 78.3. The zero-order chi connectivity index (χ0) is 35.2. The lowest BCUT2D eigenvalue weighted by Gasteiger charge is -2.05. The molecule has 7 nitrogen and oxygen atoms in total. The van der Waals surface area contributed by atoms with Gasteiger partial charge in [0.15, 0.2) is 0 Å². The summed E-state index contributed by atoms with van der Waals surface area (Å²) in [5.74, 6) is 0. The molecule has 0 heterocycles. The first-order chi connectivity index (χ1) is 22.0. The molecule has 0 aliphatic heterocycles. The summed E-state index contributed by atoms with van der Waals surface area (Å²) >= 11 is 0. The van der Waals surface area contributed by atoms with Gasteiger partial charge in [0, 0.05) is 49.8 Å². The van der Waals surface area contributed by atoms with Crippen LogP contribution in [-0.4, -0.2) is 85.5 Å². The highest BCUT2D eigenvalue weighted by atomic mass is 16.2. The van der Waals surface area contributed by atoms with Crippen molar-refractivity contribution in [2.45, 2.75) is 193 Å². The maximum absolute atomic E-state index is 7.00. The van der Waals surface area contributed by atoms with E-state index in [-0.39, 0.29) is 0 Å². The third-order valence-corrected chi connectivity index (χ3v) is 7.50. The smallest absolute Gasteiger partial charge is 0.0319 e. The van der Waals surface area contributed by atoms with Crippen molar-refractivity contribution in [3.05, 3.63) is 0 Å². The van der Waals surface area contributed by atoms with Crippen molar-refractivity contribution < 1.29 is 35.7 Å². The highest BCUT2D eigenvalue weighted by Gasteiger charge is 1.97. The molecule has 0 bridgehead atoms. The zero-order valence-electron chi connectivity index (χ0n) is 31.3. The SMILES string of the molecule is C1CCCCCCCCCCCCCCCCCCCCCCCCCCCCC1.CO.CO.CO.CO.CO.CO.CO. The van der Waals surface area contributed by atoms with Crippen molar-refractivity contribution >= 4 is 0 Å². The Hall–Kier alpha value is -0.280. The van der Waals surface area contributed by atoms with E-state index in [9.17, 15) is 0 Å². The molecule has 0 aromatic heterocycles. The van der Waals surface area contributed by atoms with Crippen LogP contribution in [0, 0.1) is 0 Å². The minimum absolute atomic E-state index is 1.00. The number of aliphatic hydroxyl groups is 7. The Morgan fingerprint density at radius 2 is 0.136 bits per heavy atom. The van der Waals surface area contributed by atoms with E-state index in [0.717, 1.165) is 49.8 Å². The first-order valence-corrected chi connectivity index (χ1v) is 18.1. The molecule has 0 amide bonds. The van der Waals surface area contributed by atoms with Crippen LogP contribution in [0.15, 0.2) is 0 Å². The van der Waals surface area contributed by atoms with Gasteiger partial charge in [0.25, 0.3) is 0 Å². The van der Waals surface area contributed by atoms with Gasteiger partial charge < -0.3 is 35.7 Å². The summed E-state index contributed by atoms with van der Waals surface area (Å²) in [6, 6.07) is 0. The minimum Gasteiger partial charge on any atom is -0.400 e. The number of rotatable bonds is 0. The van der Waals surface area contributed by atoms with Crippen LogP contribution in [0.2, 0.25) is 0 Å². The van der Waals surface area contributed by atoms with Crippen LogP contribution in [0.25, 0.3) is 0 Å². The van der Waals surface area contributed by atoms with E-state index in [1.54, 1.807) is 0 Å². The second-order valence-corrected chi connectivity index (χ2v) is 10.6. The molecule has 1 aliphatic rings. The van der Waals surface area contributed by atoms with E-state index in [4.69, 9.17) is 35.7 Å². The van der Waals surface area contributed by atoms with Gasteiger partial charge in [-0.1, -0.05) is 193 Å². The van der Waals surface area contributed by atoms with Crippen molar-refractivity contribution in [2.75, 3.05) is 49.8 Å². The van der Waals surface area contributed by atoms with Crippen LogP contribution < -0.4 is 0 Å². The number of hydrogen-bond donors (Lipinski definition) is 7. The molecule has 1 fully saturated rings. The Labute approximate surface area is 277 Å². The molecule has 1 aliphatic carbocycles. The lowest BCUT2D eigenvalue weighted by Crippen LogP contribution is -1.85. The fourth-order valence-electron chi connectivity index (χ4n) is 5.30. The molecule has 0 aromatic rings. The molecular formula is C37H88O7. The minimum atomic E-state index is 1.00. The van der Waals surface area contributed by atoms with E-state index in [0.29, 0.717) is 0 Å². The molecule has 44 heavy (non-hydrogen) atoms. The summed E-state index contributed by atoms with van der Waals surface area (Å²) < 4.78 is 0. The summed E-state index contributed by atoms with van der Waals surface area (Å²) in [5.41, 5.74) is 0. The lowest BCUT2D eigenvalue weighted by molar-refractivity contribution is 0.399. The summed E-state index contributed by atoms with van der Waals surface area (Å²) in [6.07, 6.45) is 45.0. The van der Waals surface area contributed by atoms with Gasteiger partial charge >= 0.3 is 0 Å². The number of hydrogen-bond acceptors (Lipinski definition) is 7. The van der Waals surface area contributed by atoms with E-state index in [1.165, 1.54) is 193 Å². The van der Waals surface area contributed by atoms with Crippen LogP contribution in [0.5, 0.6) is 0 Å². The zero-order valence-corrected chi connectivity index (χ0v) is 31.3. The van der Waals surface area contributed by atoms with Gasteiger partial charge in [-0.05, 0) is 0 Å². The van der Waals surface area contributed by atoms with Gasteiger partial charge in [-0.3, -0.25) is 0 Å². The van der Waals surface area contributed by atoms with Crippen LogP contribution in [0.4, 0.5) is 0 Å². The van der Waals surface area contributed by atoms with Gasteiger partial charge in [0.05, 0.1) is 0 Å². The molecular weight excluding hydrogens is 556 g/mol. The van der Waals surface area contributed by atoms with Gasteiger partial charge in [-0.2, -0.15) is 0 Å². The van der Waals surface area contributed by atoms with Gasteiger partial charge in [-0.15, -0.1) is 0 Å². The Kier molecular flexibility index (Phi) is 113. The molecule has 0 spiro atoms. The van der Waals surface area contributed by atoms with Crippen LogP contribution in [0.1, 0.15) is 193 Å². The van der Waals surface area contributed by atoms with E-state index in [1.807, 2.05) is 0 Å². The maximum atomic E-state index is 7.00. The number of aliphatic hydroxyl groups excluding tert-OH is 7. The molecule has 0 saturated heterocycles. The Morgan fingerprint density at radius 1 is 0.114 bits per heavy atom. The first-order valence-electron chi connectivity index (χ1n) is 18.1. The molecule has 7 heteroatoms. The molecule has 7 N–H and O–H groups in total. The van der Waals surface area contributed by atoms with Crippen LogP contribution in [-0.2, 0) is 0 Å². The molecule has 1 saturated carbocycles. The molecule has 278 valence electrons. The quantitative estimate of drug-likeness (QED) is 0.140. The second kappa shape index (κ2) is 84.2. The summed E-state index contributed by atoms with van der Waals surface area (Å²) in [5, 5.41) is 49.0.